The lowest BCUT2D eigenvalue weighted by Gasteiger charge is -1.94. The summed E-state index contributed by atoms with van der Waals surface area (Å²) in [4.78, 5) is 17.5. The number of nitrogens with one attached hydrogen (secondary N) is 1. The summed E-state index contributed by atoms with van der Waals surface area (Å²) in [7, 11) is 1.76. The molecule has 21 heavy (non-hydrogen) atoms. The number of pyridine rings is 1. The van der Waals surface area contributed by atoms with Crippen molar-refractivity contribution in [2.45, 2.75) is 6.92 Å². The molecule has 4 nitrogen and oxygen atoms in total. The molecule has 114 valence electrons. The normalized spacial score (nSPS) is 11.3. The molecule has 2 aromatic heterocycles. The van der Waals surface area contributed by atoms with Gasteiger partial charge in [0.05, 0.1) is 6.20 Å². The zero-order valence-electron chi connectivity index (χ0n) is 11.5. The van der Waals surface area contributed by atoms with Crippen LogP contribution < -0.4 is 5.32 Å². The SMILES string of the molecule is CC(C=O)CS.CNc1sc(-c2cncc(F)c2)nc1Cl. The highest BCUT2D eigenvalue weighted by Gasteiger charge is 2.10. The van der Waals surface area contributed by atoms with Crippen LogP contribution in [0.1, 0.15) is 6.92 Å². The van der Waals surface area contributed by atoms with E-state index in [1.54, 1.807) is 13.2 Å². The molecule has 2 rings (SSSR count). The van der Waals surface area contributed by atoms with Crippen LogP contribution in [0.2, 0.25) is 5.15 Å². The van der Waals surface area contributed by atoms with Crippen LogP contribution in [-0.2, 0) is 4.79 Å². The van der Waals surface area contributed by atoms with Crippen molar-refractivity contribution in [2.75, 3.05) is 18.1 Å². The van der Waals surface area contributed by atoms with Crippen molar-refractivity contribution in [1.29, 1.82) is 0 Å². The van der Waals surface area contributed by atoms with Crippen molar-refractivity contribution in [2.24, 2.45) is 5.92 Å². The first-order valence-electron chi connectivity index (χ1n) is 6.03. The van der Waals surface area contributed by atoms with E-state index in [1.807, 2.05) is 6.92 Å². The standard InChI is InChI=1S/C9H7ClFN3S.C4H8OS/c1-12-9-7(10)14-8(15-9)5-2-6(11)4-13-3-5;1-4(2-5)3-6/h2-4,12H,1H3;2,4,6H,3H2,1H3. The maximum absolute atomic E-state index is 12.9. The van der Waals surface area contributed by atoms with Gasteiger partial charge in [-0.05, 0) is 11.8 Å². The van der Waals surface area contributed by atoms with E-state index >= 15 is 0 Å². The van der Waals surface area contributed by atoms with Gasteiger partial charge in [-0.15, -0.1) is 0 Å². The average molecular weight is 348 g/mol. The van der Waals surface area contributed by atoms with Gasteiger partial charge >= 0.3 is 0 Å². The maximum Gasteiger partial charge on any atom is 0.164 e. The van der Waals surface area contributed by atoms with E-state index in [9.17, 15) is 9.18 Å². The first-order chi connectivity index (χ1) is 10.0. The molecule has 1 N–H and O–H groups in total. The van der Waals surface area contributed by atoms with Gasteiger partial charge in [0.2, 0.25) is 0 Å². The fraction of sp³-hybridized carbons (Fsp3) is 0.308. The molecule has 1 unspecified atom stereocenters. The zero-order chi connectivity index (χ0) is 15.8. The monoisotopic (exact) mass is 347 g/mol. The van der Waals surface area contributed by atoms with Gasteiger partial charge in [-0.1, -0.05) is 29.9 Å². The third-order valence-electron chi connectivity index (χ3n) is 2.28. The van der Waals surface area contributed by atoms with Gasteiger partial charge in [0, 0.05) is 24.7 Å². The minimum atomic E-state index is -0.384. The average Bonchev–Trinajstić information content (AvgIpc) is 2.88. The molecule has 0 saturated carbocycles. The van der Waals surface area contributed by atoms with Crippen molar-refractivity contribution >= 4 is 46.9 Å². The van der Waals surface area contributed by atoms with E-state index in [-0.39, 0.29) is 11.7 Å². The van der Waals surface area contributed by atoms with Crippen LogP contribution in [-0.4, -0.2) is 29.1 Å². The lowest BCUT2D eigenvalue weighted by atomic mass is 10.3. The summed E-state index contributed by atoms with van der Waals surface area (Å²) in [6.07, 6.45) is 3.60. The fourth-order valence-corrected chi connectivity index (χ4v) is 2.37. The second-order valence-corrected chi connectivity index (χ2v) is 5.80. The minimum Gasteiger partial charge on any atom is -0.377 e. The number of hydrogen-bond acceptors (Lipinski definition) is 6. The molecule has 2 aromatic rings. The largest absolute Gasteiger partial charge is 0.377 e. The Morgan fingerprint density at radius 1 is 1.57 bits per heavy atom. The summed E-state index contributed by atoms with van der Waals surface area (Å²) in [5.41, 5.74) is 0.628. The summed E-state index contributed by atoms with van der Waals surface area (Å²) in [5.74, 6) is 0.391. The number of nitrogens with zero attached hydrogens (tertiary/aromatic N) is 2. The van der Waals surface area contributed by atoms with Gasteiger partial charge in [0.15, 0.2) is 5.15 Å². The first-order valence-corrected chi connectivity index (χ1v) is 7.85. The highest BCUT2D eigenvalue weighted by Crippen LogP contribution is 2.34. The van der Waals surface area contributed by atoms with Crippen LogP contribution in [0, 0.1) is 11.7 Å². The molecule has 0 spiro atoms. The predicted octanol–water partition coefficient (Wildman–Crippen LogP) is 3.79. The fourth-order valence-electron chi connectivity index (χ4n) is 1.15. The molecular formula is C13H15ClFN3OS2. The lowest BCUT2D eigenvalue weighted by Crippen LogP contribution is -1.94. The number of halogens is 2. The number of aldehydes is 1. The number of rotatable bonds is 4. The molecule has 0 bridgehead atoms. The third-order valence-corrected chi connectivity index (χ3v) is 4.37. The number of thiazole rings is 1. The van der Waals surface area contributed by atoms with E-state index in [2.05, 4.69) is 27.9 Å². The second-order valence-electron chi connectivity index (χ2n) is 4.08. The van der Waals surface area contributed by atoms with E-state index in [0.29, 0.717) is 21.5 Å². The first kappa shape index (κ1) is 17.9. The Balaban J connectivity index is 0.000000315. The highest BCUT2D eigenvalue weighted by atomic mass is 35.5. The van der Waals surface area contributed by atoms with E-state index < -0.39 is 0 Å². The molecule has 2 heterocycles. The Hall–Kier alpha value is -1.18. The van der Waals surface area contributed by atoms with Gasteiger partial charge in [-0.2, -0.15) is 12.6 Å². The molecule has 0 saturated heterocycles. The van der Waals surface area contributed by atoms with E-state index in [1.165, 1.54) is 17.4 Å². The van der Waals surface area contributed by atoms with Gasteiger partial charge in [0.1, 0.15) is 22.1 Å². The van der Waals surface area contributed by atoms with Crippen molar-refractivity contribution in [3.05, 3.63) is 29.4 Å². The molecule has 0 radical (unpaired) electrons. The van der Waals surface area contributed by atoms with Crippen LogP contribution in [0.5, 0.6) is 0 Å². The van der Waals surface area contributed by atoms with Gasteiger partial charge in [-0.3, -0.25) is 4.98 Å². The molecule has 0 aromatic carbocycles. The molecule has 8 heteroatoms. The summed E-state index contributed by atoms with van der Waals surface area (Å²) in [6, 6.07) is 1.38. The predicted molar refractivity (Wildman–Crippen MR) is 88.9 cm³/mol. The molecule has 0 fully saturated rings. The van der Waals surface area contributed by atoms with Crippen molar-refractivity contribution in [3.63, 3.8) is 0 Å². The van der Waals surface area contributed by atoms with Crippen LogP contribution in [0.25, 0.3) is 10.6 Å². The topological polar surface area (TPSA) is 54.9 Å². The Kier molecular flexibility index (Phi) is 7.63. The van der Waals surface area contributed by atoms with Crippen molar-refractivity contribution in [1.82, 2.24) is 9.97 Å². The van der Waals surface area contributed by atoms with Crippen LogP contribution >= 0.6 is 35.6 Å². The van der Waals surface area contributed by atoms with Crippen molar-refractivity contribution in [3.8, 4) is 10.6 Å². The van der Waals surface area contributed by atoms with E-state index in [4.69, 9.17) is 11.6 Å². The Morgan fingerprint density at radius 3 is 2.71 bits per heavy atom. The van der Waals surface area contributed by atoms with Gasteiger partial charge in [0.25, 0.3) is 0 Å². The number of carbonyl (C=O) groups excluding carboxylic acids is 1. The number of thiol groups is 1. The summed E-state index contributed by atoms with van der Waals surface area (Å²) in [6.45, 7) is 1.83. The highest BCUT2D eigenvalue weighted by molar-refractivity contribution is 7.80. The molecule has 0 aliphatic rings. The molecular weight excluding hydrogens is 333 g/mol. The Labute approximate surface area is 137 Å². The van der Waals surface area contributed by atoms with Crippen LogP contribution in [0.4, 0.5) is 9.39 Å². The molecule has 0 aliphatic carbocycles. The molecule has 0 aliphatic heterocycles. The third kappa shape index (κ3) is 5.61. The number of hydrogen-bond donors (Lipinski definition) is 2. The number of anilines is 1. The maximum atomic E-state index is 12.9. The van der Waals surface area contributed by atoms with Crippen molar-refractivity contribution < 1.29 is 9.18 Å². The summed E-state index contributed by atoms with van der Waals surface area (Å²) in [5, 5.41) is 4.71. The molecule has 0 amide bonds. The minimum absolute atomic E-state index is 0.119. The summed E-state index contributed by atoms with van der Waals surface area (Å²) >= 11 is 11.1. The number of aromatic nitrogens is 2. The number of carbonyl (C=O) groups is 1. The Bertz CT molecular complexity index is 595. The van der Waals surface area contributed by atoms with Gasteiger partial charge in [-0.25, -0.2) is 9.37 Å². The van der Waals surface area contributed by atoms with E-state index in [0.717, 1.165) is 17.5 Å². The zero-order valence-corrected chi connectivity index (χ0v) is 14.0. The Morgan fingerprint density at radius 2 is 2.29 bits per heavy atom. The van der Waals surface area contributed by atoms with Crippen LogP contribution in [0.3, 0.4) is 0 Å². The van der Waals surface area contributed by atoms with Crippen LogP contribution in [0.15, 0.2) is 18.5 Å². The lowest BCUT2D eigenvalue weighted by molar-refractivity contribution is -0.110. The van der Waals surface area contributed by atoms with Gasteiger partial charge < -0.3 is 10.1 Å². The second kappa shape index (κ2) is 8.96. The quantitative estimate of drug-likeness (QED) is 0.652. The molecule has 1 atom stereocenters. The summed E-state index contributed by atoms with van der Waals surface area (Å²) < 4.78 is 12.9. The smallest absolute Gasteiger partial charge is 0.164 e.